The van der Waals surface area contributed by atoms with Crippen molar-refractivity contribution in [3.05, 3.63) is 34.6 Å². The first-order valence-corrected chi connectivity index (χ1v) is 10.4. The molecule has 1 N–H and O–H groups in total. The van der Waals surface area contributed by atoms with Crippen LogP contribution in [0.4, 0.5) is 0 Å². The van der Waals surface area contributed by atoms with Crippen LogP contribution in [0.5, 0.6) is 0 Å². The highest BCUT2D eigenvalue weighted by atomic mass is 32.2. The predicted octanol–water partition coefficient (Wildman–Crippen LogP) is 3.90. The Labute approximate surface area is 170 Å². The number of carbonyl (C=O) groups is 1. The monoisotopic (exact) mass is 400 g/mol. The second-order valence-electron chi connectivity index (χ2n) is 7.56. The number of nitrogens with one attached hydrogen (secondary N) is 1. The number of nitriles is 1. The third-order valence-electron chi connectivity index (χ3n) is 5.23. The summed E-state index contributed by atoms with van der Waals surface area (Å²) in [6, 6.07) is 9.39. The van der Waals surface area contributed by atoms with Gasteiger partial charge in [0.1, 0.15) is 5.54 Å². The lowest BCUT2D eigenvalue weighted by molar-refractivity contribution is -0.121. The van der Waals surface area contributed by atoms with E-state index in [1.54, 1.807) is 30.5 Å². The number of carbonyl (C=O) groups excluding carboxylic acids is 1. The van der Waals surface area contributed by atoms with E-state index in [0.29, 0.717) is 16.1 Å². The number of amides is 1. The third-order valence-corrected chi connectivity index (χ3v) is 6.29. The number of para-hydroxylation sites is 1. The van der Waals surface area contributed by atoms with E-state index in [2.05, 4.69) is 16.4 Å². The SMILES string of the molecule is CC[C@H](C)n1c(S[C@H](C)C(=O)N[C@@](C)(C#N)C(C)C)nc2ccccc2c1=O. The Balaban J connectivity index is 2.41. The van der Waals surface area contributed by atoms with Gasteiger partial charge in [-0.05, 0) is 45.2 Å². The van der Waals surface area contributed by atoms with Gasteiger partial charge in [0.25, 0.3) is 5.56 Å². The lowest BCUT2D eigenvalue weighted by Crippen LogP contribution is -2.51. The van der Waals surface area contributed by atoms with E-state index in [-0.39, 0.29) is 23.4 Å². The molecule has 0 saturated carbocycles. The van der Waals surface area contributed by atoms with E-state index in [4.69, 9.17) is 0 Å². The summed E-state index contributed by atoms with van der Waals surface area (Å²) in [6.45, 7) is 11.3. The van der Waals surface area contributed by atoms with E-state index in [1.165, 1.54) is 11.8 Å². The van der Waals surface area contributed by atoms with Gasteiger partial charge in [0.15, 0.2) is 5.16 Å². The second kappa shape index (κ2) is 8.78. The minimum Gasteiger partial charge on any atom is -0.337 e. The second-order valence-corrected chi connectivity index (χ2v) is 8.87. The van der Waals surface area contributed by atoms with Crippen LogP contribution >= 0.6 is 11.8 Å². The molecule has 1 aromatic heterocycles. The molecule has 0 aliphatic rings. The molecule has 0 aliphatic carbocycles. The van der Waals surface area contributed by atoms with Gasteiger partial charge in [-0.3, -0.25) is 14.2 Å². The van der Waals surface area contributed by atoms with Crippen molar-refractivity contribution in [1.82, 2.24) is 14.9 Å². The summed E-state index contributed by atoms with van der Waals surface area (Å²) in [5, 5.41) is 12.9. The molecule has 28 heavy (non-hydrogen) atoms. The molecule has 6 nitrogen and oxygen atoms in total. The molecule has 3 atom stereocenters. The van der Waals surface area contributed by atoms with Gasteiger partial charge in [0, 0.05) is 6.04 Å². The first-order chi connectivity index (χ1) is 13.1. The van der Waals surface area contributed by atoms with Crippen LogP contribution < -0.4 is 10.9 Å². The van der Waals surface area contributed by atoms with E-state index in [0.717, 1.165) is 6.42 Å². The first-order valence-electron chi connectivity index (χ1n) is 9.55. The zero-order valence-electron chi connectivity index (χ0n) is 17.3. The number of fused-ring (bicyclic) bond motifs is 1. The highest BCUT2D eigenvalue weighted by molar-refractivity contribution is 8.00. The molecule has 150 valence electrons. The molecule has 1 heterocycles. The van der Waals surface area contributed by atoms with Crippen LogP contribution in [0.25, 0.3) is 10.9 Å². The maximum atomic E-state index is 13.0. The lowest BCUT2D eigenvalue weighted by atomic mass is 9.90. The number of thioether (sulfide) groups is 1. The summed E-state index contributed by atoms with van der Waals surface area (Å²) in [5.41, 5.74) is -0.427. The van der Waals surface area contributed by atoms with Crippen molar-refractivity contribution in [1.29, 1.82) is 5.26 Å². The van der Waals surface area contributed by atoms with Gasteiger partial charge in [-0.25, -0.2) is 4.98 Å². The number of benzene rings is 1. The van der Waals surface area contributed by atoms with Gasteiger partial charge in [-0.1, -0.05) is 44.7 Å². The van der Waals surface area contributed by atoms with Gasteiger partial charge in [-0.15, -0.1) is 0 Å². The highest BCUT2D eigenvalue weighted by Crippen LogP contribution is 2.27. The molecule has 0 radical (unpaired) electrons. The predicted molar refractivity (Wildman–Crippen MR) is 113 cm³/mol. The molecule has 2 rings (SSSR count). The quantitative estimate of drug-likeness (QED) is 0.562. The number of rotatable bonds is 7. The Morgan fingerprint density at radius 3 is 2.54 bits per heavy atom. The van der Waals surface area contributed by atoms with Crippen molar-refractivity contribution in [2.45, 2.75) is 70.0 Å². The van der Waals surface area contributed by atoms with E-state index < -0.39 is 10.8 Å². The van der Waals surface area contributed by atoms with Crippen LogP contribution in [0, 0.1) is 17.2 Å². The van der Waals surface area contributed by atoms with Gasteiger partial charge < -0.3 is 5.32 Å². The Hall–Kier alpha value is -2.33. The molecular formula is C21H28N4O2S. The number of hydrogen-bond donors (Lipinski definition) is 1. The molecule has 0 fully saturated rings. The lowest BCUT2D eigenvalue weighted by Gasteiger charge is -2.29. The molecule has 7 heteroatoms. The fourth-order valence-corrected chi connectivity index (χ4v) is 3.66. The molecule has 1 aromatic carbocycles. The largest absolute Gasteiger partial charge is 0.337 e. The summed E-state index contributed by atoms with van der Waals surface area (Å²) < 4.78 is 1.67. The topological polar surface area (TPSA) is 87.8 Å². The van der Waals surface area contributed by atoms with Crippen LogP contribution in [0.15, 0.2) is 34.2 Å². The van der Waals surface area contributed by atoms with Crippen molar-refractivity contribution in [3.63, 3.8) is 0 Å². The van der Waals surface area contributed by atoms with Crippen molar-refractivity contribution in [3.8, 4) is 6.07 Å². The Morgan fingerprint density at radius 2 is 1.96 bits per heavy atom. The van der Waals surface area contributed by atoms with E-state index >= 15 is 0 Å². The number of nitrogens with zero attached hydrogens (tertiary/aromatic N) is 3. The zero-order chi connectivity index (χ0) is 21.1. The molecule has 0 bridgehead atoms. The van der Waals surface area contributed by atoms with E-state index in [1.807, 2.05) is 39.8 Å². The molecular weight excluding hydrogens is 372 g/mol. The average molecular weight is 401 g/mol. The number of hydrogen-bond acceptors (Lipinski definition) is 5. The molecule has 2 aromatic rings. The Morgan fingerprint density at radius 1 is 1.32 bits per heavy atom. The van der Waals surface area contributed by atoms with Crippen LogP contribution in [-0.4, -0.2) is 26.2 Å². The van der Waals surface area contributed by atoms with Gasteiger partial charge >= 0.3 is 0 Å². The van der Waals surface area contributed by atoms with Crippen molar-refractivity contribution < 1.29 is 4.79 Å². The highest BCUT2D eigenvalue weighted by Gasteiger charge is 2.32. The van der Waals surface area contributed by atoms with E-state index in [9.17, 15) is 14.9 Å². The number of aromatic nitrogens is 2. The van der Waals surface area contributed by atoms with Crippen LogP contribution in [0.3, 0.4) is 0 Å². The van der Waals surface area contributed by atoms with Gasteiger partial charge in [-0.2, -0.15) is 5.26 Å². The van der Waals surface area contributed by atoms with Crippen LogP contribution in [-0.2, 0) is 4.79 Å². The fraction of sp³-hybridized carbons (Fsp3) is 0.524. The minimum atomic E-state index is -0.945. The molecule has 0 unspecified atom stereocenters. The molecule has 0 aliphatic heterocycles. The third kappa shape index (κ3) is 4.39. The van der Waals surface area contributed by atoms with Crippen LogP contribution in [0.1, 0.15) is 54.0 Å². The first kappa shape index (κ1) is 22.0. The summed E-state index contributed by atoms with van der Waals surface area (Å²) in [4.78, 5) is 30.4. The van der Waals surface area contributed by atoms with Gasteiger partial charge in [0.05, 0.1) is 22.2 Å². The molecule has 0 spiro atoms. The summed E-state index contributed by atoms with van der Waals surface area (Å²) in [7, 11) is 0. The maximum Gasteiger partial charge on any atom is 0.262 e. The Kier molecular flexibility index (Phi) is 6.89. The summed E-state index contributed by atoms with van der Waals surface area (Å²) >= 11 is 1.24. The fourth-order valence-electron chi connectivity index (χ4n) is 2.65. The van der Waals surface area contributed by atoms with Crippen LogP contribution in [0.2, 0.25) is 0 Å². The van der Waals surface area contributed by atoms with Crippen molar-refractivity contribution in [2.75, 3.05) is 0 Å². The summed E-state index contributed by atoms with van der Waals surface area (Å²) in [5.74, 6) is -0.281. The average Bonchev–Trinajstić information content (AvgIpc) is 2.67. The standard InChI is InChI=1S/C21H28N4O2S/c1-7-14(4)25-19(27)16-10-8-9-11-17(16)23-20(25)28-15(5)18(26)24-21(6,12-22)13(2)3/h8-11,13-15H,7H2,1-6H3,(H,24,26)/t14-,15+,21-/m0/s1. The van der Waals surface area contributed by atoms with Crippen molar-refractivity contribution in [2.24, 2.45) is 5.92 Å². The molecule has 1 amide bonds. The maximum absolute atomic E-state index is 13.0. The summed E-state index contributed by atoms with van der Waals surface area (Å²) in [6.07, 6.45) is 0.772. The smallest absolute Gasteiger partial charge is 0.262 e. The Bertz CT molecular complexity index is 963. The minimum absolute atomic E-state index is 0.0317. The molecule has 0 saturated heterocycles. The zero-order valence-corrected chi connectivity index (χ0v) is 18.1. The van der Waals surface area contributed by atoms with Gasteiger partial charge in [0.2, 0.25) is 5.91 Å². The van der Waals surface area contributed by atoms with Crippen molar-refractivity contribution >= 4 is 28.6 Å². The normalized spacial score (nSPS) is 15.6.